The molecule has 2 aliphatic heterocycles. The van der Waals surface area contributed by atoms with Gasteiger partial charge in [-0.05, 0) is 36.3 Å². The standard InChI is InChI=1S/C27H28N2O4/c30-26(19-32-25-12-6-10-21-9-4-5-11-24(21)25)28-15-13-22(14-16-28)29-23(18-33-27(29)31)17-20-7-2-1-3-8-20/h1-12,22-23H,13-19H2/t23-/m1/s1. The number of hydrogen-bond donors (Lipinski definition) is 0. The van der Waals surface area contributed by atoms with Crippen LogP contribution in [0.15, 0.2) is 72.8 Å². The number of fused-ring (bicyclic) bond motifs is 1. The lowest BCUT2D eigenvalue weighted by Gasteiger charge is -2.37. The van der Waals surface area contributed by atoms with Crippen molar-refractivity contribution in [3.8, 4) is 5.75 Å². The normalized spacial score (nSPS) is 19.0. The Morgan fingerprint density at radius 3 is 2.48 bits per heavy atom. The van der Waals surface area contributed by atoms with Gasteiger partial charge in [0.2, 0.25) is 0 Å². The smallest absolute Gasteiger partial charge is 0.410 e. The third-order valence-corrected chi connectivity index (χ3v) is 6.63. The zero-order valence-electron chi connectivity index (χ0n) is 18.6. The molecular weight excluding hydrogens is 416 g/mol. The van der Waals surface area contributed by atoms with E-state index in [1.165, 1.54) is 5.56 Å². The van der Waals surface area contributed by atoms with Crippen molar-refractivity contribution in [1.82, 2.24) is 9.80 Å². The highest BCUT2D eigenvalue weighted by Crippen LogP contribution is 2.27. The third kappa shape index (κ3) is 4.65. The fourth-order valence-electron chi connectivity index (χ4n) is 4.91. The average molecular weight is 445 g/mol. The number of ether oxygens (including phenoxy) is 2. The number of rotatable bonds is 6. The number of carbonyl (C=O) groups excluding carboxylic acids is 2. The lowest BCUT2D eigenvalue weighted by Crippen LogP contribution is -2.50. The molecule has 0 unspecified atom stereocenters. The van der Waals surface area contributed by atoms with Crippen molar-refractivity contribution in [1.29, 1.82) is 0 Å². The first-order valence-electron chi connectivity index (χ1n) is 11.6. The zero-order valence-corrected chi connectivity index (χ0v) is 18.6. The van der Waals surface area contributed by atoms with Crippen molar-refractivity contribution in [3.05, 3.63) is 78.4 Å². The van der Waals surface area contributed by atoms with Crippen LogP contribution in [-0.2, 0) is 16.0 Å². The van der Waals surface area contributed by atoms with Gasteiger partial charge in [0.25, 0.3) is 5.91 Å². The minimum absolute atomic E-state index is 0.0149. The summed E-state index contributed by atoms with van der Waals surface area (Å²) in [5.41, 5.74) is 1.20. The molecule has 0 aliphatic carbocycles. The second kappa shape index (κ2) is 9.53. The van der Waals surface area contributed by atoms with E-state index in [0.29, 0.717) is 19.7 Å². The molecule has 0 radical (unpaired) electrons. The molecule has 0 bridgehead atoms. The highest BCUT2D eigenvalue weighted by Gasteiger charge is 2.39. The maximum absolute atomic E-state index is 12.8. The summed E-state index contributed by atoms with van der Waals surface area (Å²) in [5.74, 6) is 0.700. The first-order valence-corrected chi connectivity index (χ1v) is 11.6. The molecule has 0 saturated carbocycles. The lowest BCUT2D eigenvalue weighted by atomic mass is 9.99. The maximum atomic E-state index is 12.8. The highest BCUT2D eigenvalue weighted by molar-refractivity contribution is 5.88. The SMILES string of the molecule is O=C(COc1cccc2ccccc12)N1CCC(N2C(=O)OC[C@H]2Cc2ccccc2)CC1. The van der Waals surface area contributed by atoms with Crippen LogP contribution >= 0.6 is 0 Å². The number of amides is 2. The van der Waals surface area contributed by atoms with Crippen LogP contribution in [0.2, 0.25) is 0 Å². The molecule has 0 aromatic heterocycles. The van der Waals surface area contributed by atoms with Crippen molar-refractivity contribution in [2.45, 2.75) is 31.3 Å². The van der Waals surface area contributed by atoms with Gasteiger partial charge < -0.3 is 14.4 Å². The van der Waals surface area contributed by atoms with Gasteiger partial charge in [-0.25, -0.2) is 4.79 Å². The molecule has 170 valence electrons. The minimum Gasteiger partial charge on any atom is -0.483 e. The molecule has 6 nitrogen and oxygen atoms in total. The Kier molecular flexibility index (Phi) is 6.15. The minimum atomic E-state index is -0.236. The first-order chi connectivity index (χ1) is 16.2. The summed E-state index contributed by atoms with van der Waals surface area (Å²) in [7, 11) is 0. The van der Waals surface area contributed by atoms with Crippen molar-refractivity contribution < 1.29 is 19.1 Å². The maximum Gasteiger partial charge on any atom is 0.410 e. The van der Waals surface area contributed by atoms with E-state index in [1.807, 2.05) is 70.5 Å². The third-order valence-electron chi connectivity index (χ3n) is 6.63. The van der Waals surface area contributed by atoms with Gasteiger partial charge in [-0.15, -0.1) is 0 Å². The fraction of sp³-hybridized carbons (Fsp3) is 0.333. The van der Waals surface area contributed by atoms with Crippen molar-refractivity contribution in [3.63, 3.8) is 0 Å². The summed E-state index contributed by atoms with van der Waals surface area (Å²) in [6.45, 7) is 1.67. The number of cyclic esters (lactones) is 1. The molecule has 2 saturated heterocycles. The lowest BCUT2D eigenvalue weighted by molar-refractivity contribution is -0.134. The molecule has 33 heavy (non-hydrogen) atoms. The molecule has 2 heterocycles. The number of hydrogen-bond acceptors (Lipinski definition) is 4. The summed E-state index contributed by atoms with van der Waals surface area (Å²) in [5, 5.41) is 2.09. The Labute approximate surface area is 193 Å². The second-order valence-corrected chi connectivity index (χ2v) is 8.71. The van der Waals surface area contributed by atoms with Crippen LogP contribution < -0.4 is 4.74 Å². The van der Waals surface area contributed by atoms with Crippen LogP contribution in [0.25, 0.3) is 10.8 Å². The van der Waals surface area contributed by atoms with Gasteiger partial charge in [0.15, 0.2) is 6.61 Å². The predicted octanol–water partition coefficient (Wildman–Crippen LogP) is 4.27. The van der Waals surface area contributed by atoms with Crippen LogP contribution in [0, 0.1) is 0 Å². The predicted molar refractivity (Wildman–Crippen MR) is 126 cm³/mol. The number of likely N-dealkylation sites (tertiary alicyclic amines) is 1. The highest BCUT2D eigenvalue weighted by atomic mass is 16.6. The largest absolute Gasteiger partial charge is 0.483 e. The molecule has 0 N–H and O–H groups in total. The van der Waals surface area contributed by atoms with Crippen LogP contribution in [0.1, 0.15) is 18.4 Å². The van der Waals surface area contributed by atoms with Crippen LogP contribution in [-0.4, -0.2) is 60.2 Å². The summed E-state index contributed by atoms with van der Waals surface area (Å²) in [6.07, 6.45) is 2.05. The quantitative estimate of drug-likeness (QED) is 0.570. The van der Waals surface area contributed by atoms with Gasteiger partial charge in [0.1, 0.15) is 12.4 Å². The van der Waals surface area contributed by atoms with Crippen LogP contribution in [0.5, 0.6) is 5.75 Å². The van der Waals surface area contributed by atoms with E-state index in [0.717, 1.165) is 35.8 Å². The molecule has 2 aliphatic rings. The summed E-state index contributed by atoms with van der Waals surface area (Å²) in [4.78, 5) is 29.0. The van der Waals surface area contributed by atoms with E-state index in [9.17, 15) is 9.59 Å². The average Bonchev–Trinajstić information content (AvgIpc) is 3.22. The van der Waals surface area contributed by atoms with Crippen molar-refractivity contribution in [2.75, 3.05) is 26.3 Å². The Bertz CT molecular complexity index is 1120. The summed E-state index contributed by atoms with van der Waals surface area (Å²) in [6, 6.07) is 24.2. The Hall–Kier alpha value is -3.54. The topological polar surface area (TPSA) is 59.1 Å². The molecule has 3 aromatic rings. The molecule has 3 aromatic carbocycles. The molecule has 0 spiro atoms. The number of nitrogens with zero attached hydrogens (tertiary/aromatic N) is 2. The Balaban J connectivity index is 1.16. The Morgan fingerprint density at radius 2 is 1.67 bits per heavy atom. The first kappa shape index (κ1) is 21.3. The summed E-state index contributed by atoms with van der Waals surface area (Å²) < 4.78 is 11.3. The van der Waals surface area contributed by atoms with Gasteiger partial charge in [0.05, 0.1) is 6.04 Å². The van der Waals surface area contributed by atoms with E-state index in [-0.39, 0.29) is 30.7 Å². The molecule has 2 amide bonds. The van der Waals surface area contributed by atoms with E-state index in [2.05, 4.69) is 12.1 Å². The van der Waals surface area contributed by atoms with Crippen LogP contribution in [0.4, 0.5) is 4.79 Å². The molecule has 2 fully saturated rings. The van der Waals surface area contributed by atoms with Gasteiger partial charge in [-0.2, -0.15) is 0 Å². The Morgan fingerprint density at radius 1 is 0.939 bits per heavy atom. The zero-order chi connectivity index (χ0) is 22.6. The van der Waals surface area contributed by atoms with Gasteiger partial charge >= 0.3 is 6.09 Å². The number of carbonyl (C=O) groups is 2. The second-order valence-electron chi connectivity index (χ2n) is 8.71. The van der Waals surface area contributed by atoms with E-state index in [4.69, 9.17) is 9.47 Å². The van der Waals surface area contributed by atoms with Gasteiger partial charge in [-0.1, -0.05) is 66.7 Å². The van der Waals surface area contributed by atoms with E-state index >= 15 is 0 Å². The van der Waals surface area contributed by atoms with Crippen molar-refractivity contribution >= 4 is 22.8 Å². The molecule has 6 heteroatoms. The fourth-order valence-corrected chi connectivity index (χ4v) is 4.91. The summed E-state index contributed by atoms with van der Waals surface area (Å²) >= 11 is 0. The van der Waals surface area contributed by atoms with Gasteiger partial charge in [-0.3, -0.25) is 9.69 Å². The molecule has 1 atom stereocenters. The van der Waals surface area contributed by atoms with Gasteiger partial charge in [0, 0.05) is 24.5 Å². The number of benzene rings is 3. The monoisotopic (exact) mass is 444 g/mol. The van der Waals surface area contributed by atoms with Crippen LogP contribution in [0.3, 0.4) is 0 Å². The van der Waals surface area contributed by atoms with E-state index < -0.39 is 0 Å². The number of piperidine rings is 1. The van der Waals surface area contributed by atoms with Crippen molar-refractivity contribution in [2.24, 2.45) is 0 Å². The van der Waals surface area contributed by atoms with E-state index in [1.54, 1.807) is 0 Å². The molecule has 5 rings (SSSR count). The molecular formula is C27H28N2O4.